The molecular weight excluding hydrogens is 204 g/mol. The van der Waals surface area contributed by atoms with Gasteiger partial charge in [0.25, 0.3) is 0 Å². The van der Waals surface area contributed by atoms with Gasteiger partial charge in [-0.1, -0.05) is 5.92 Å². The summed E-state index contributed by atoms with van der Waals surface area (Å²) in [5.74, 6) is 0.851. The van der Waals surface area contributed by atoms with Crippen molar-refractivity contribution in [3.63, 3.8) is 0 Å². The Morgan fingerprint density at radius 3 is 2.20 bits per heavy atom. The number of rotatable bonds is 1. The van der Waals surface area contributed by atoms with Gasteiger partial charge in [-0.2, -0.15) is 6.42 Å². The number of halogens is 1. The Bertz CT molecular complexity index is 69.5. The normalized spacial score (nSPS) is 18.9. The van der Waals surface area contributed by atoms with Gasteiger partial charge in [-0.3, -0.25) is 0 Å². The van der Waals surface area contributed by atoms with Crippen LogP contribution >= 0.6 is 17.0 Å². The summed E-state index contributed by atoms with van der Waals surface area (Å²) in [6.07, 6.45) is 3.54. The largest absolute Gasteiger partial charge is 2.00 e. The predicted molar refractivity (Wildman–Crippen MR) is 50.7 cm³/mol. The van der Waals surface area contributed by atoms with Crippen LogP contribution in [0.25, 0.3) is 0 Å². The molecule has 1 fully saturated rings. The van der Waals surface area contributed by atoms with Crippen molar-refractivity contribution in [3.8, 4) is 0 Å². The van der Waals surface area contributed by atoms with E-state index in [4.69, 9.17) is 4.74 Å². The standard InChI is InChI=1S/C7H13O.BrH.Mg.H/c1-2-7-3-5-8-6-4-7;;;/h7H,1-6H2;1H;;/q-1;;+2;-1. The van der Waals surface area contributed by atoms with Crippen molar-refractivity contribution < 1.29 is 6.16 Å². The van der Waals surface area contributed by atoms with Crippen LogP contribution in [0.1, 0.15) is 20.7 Å². The molecule has 0 unspecified atom stereocenters. The van der Waals surface area contributed by atoms with Crippen molar-refractivity contribution in [3.05, 3.63) is 6.92 Å². The van der Waals surface area contributed by atoms with E-state index in [0.717, 1.165) is 25.6 Å². The van der Waals surface area contributed by atoms with Crippen LogP contribution < -0.4 is 0 Å². The molecule has 0 radical (unpaired) electrons. The first-order valence-electron chi connectivity index (χ1n) is 3.30. The summed E-state index contributed by atoms with van der Waals surface area (Å²) >= 11 is 0. The summed E-state index contributed by atoms with van der Waals surface area (Å²) in [5, 5.41) is 0. The van der Waals surface area contributed by atoms with Gasteiger partial charge in [0.1, 0.15) is 0 Å². The molecule has 0 spiro atoms. The van der Waals surface area contributed by atoms with E-state index in [1.165, 1.54) is 12.8 Å². The van der Waals surface area contributed by atoms with Crippen molar-refractivity contribution in [2.75, 3.05) is 13.2 Å². The van der Waals surface area contributed by atoms with E-state index in [-0.39, 0.29) is 41.5 Å². The third kappa shape index (κ3) is 4.94. The van der Waals surface area contributed by atoms with Crippen LogP contribution in [-0.4, -0.2) is 36.3 Å². The van der Waals surface area contributed by atoms with Crippen molar-refractivity contribution in [2.45, 2.75) is 19.3 Å². The van der Waals surface area contributed by atoms with Gasteiger partial charge in [-0.15, -0.1) is 17.0 Å². The van der Waals surface area contributed by atoms with E-state index < -0.39 is 0 Å². The SMILES string of the molecule is Br.[CH2-]CC1CCOCC1.[H-].[Mg+2]. The predicted octanol–water partition coefficient (Wildman–Crippen LogP) is 1.95. The van der Waals surface area contributed by atoms with Crippen molar-refractivity contribution in [2.24, 2.45) is 5.92 Å². The monoisotopic (exact) mass is 218 g/mol. The van der Waals surface area contributed by atoms with Crippen LogP contribution in [0, 0.1) is 12.8 Å². The second kappa shape index (κ2) is 8.30. The quantitative estimate of drug-likeness (QED) is 0.484. The second-order valence-corrected chi connectivity index (χ2v) is 2.34. The van der Waals surface area contributed by atoms with Gasteiger partial charge >= 0.3 is 23.1 Å². The molecule has 1 aliphatic heterocycles. The van der Waals surface area contributed by atoms with E-state index in [2.05, 4.69) is 6.92 Å². The van der Waals surface area contributed by atoms with Gasteiger partial charge in [0.15, 0.2) is 0 Å². The summed E-state index contributed by atoms with van der Waals surface area (Å²) in [6, 6.07) is 0. The van der Waals surface area contributed by atoms with E-state index in [1.54, 1.807) is 0 Å². The van der Waals surface area contributed by atoms with Crippen molar-refractivity contribution >= 4 is 40.0 Å². The van der Waals surface area contributed by atoms with Crippen molar-refractivity contribution in [1.29, 1.82) is 0 Å². The Hall–Kier alpha value is 1.21. The maximum Gasteiger partial charge on any atom is 2.00 e. The van der Waals surface area contributed by atoms with Crippen LogP contribution in [0.3, 0.4) is 0 Å². The van der Waals surface area contributed by atoms with Crippen LogP contribution in [-0.2, 0) is 4.74 Å². The molecule has 0 aromatic heterocycles. The molecule has 0 aromatic carbocycles. The molecule has 0 amide bonds. The topological polar surface area (TPSA) is 9.23 Å². The summed E-state index contributed by atoms with van der Waals surface area (Å²) in [7, 11) is 0. The Balaban J connectivity index is -0.000000213. The van der Waals surface area contributed by atoms with Crippen LogP contribution in [0.4, 0.5) is 0 Å². The van der Waals surface area contributed by atoms with Crippen molar-refractivity contribution in [1.82, 2.24) is 0 Å². The number of hydrogen-bond donors (Lipinski definition) is 0. The molecule has 10 heavy (non-hydrogen) atoms. The Morgan fingerprint density at radius 1 is 1.40 bits per heavy atom. The third-order valence-corrected chi connectivity index (χ3v) is 1.75. The molecule has 1 heterocycles. The molecular formula is C7H15BrMgO. The van der Waals surface area contributed by atoms with Gasteiger partial charge in [-0.25, -0.2) is 0 Å². The minimum absolute atomic E-state index is 0. The van der Waals surface area contributed by atoms with E-state index in [1.807, 2.05) is 0 Å². The molecule has 0 N–H and O–H groups in total. The summed E-state index contributed by atoms with van der Waals surface area (Å²) in [6.45, 7) is 5.77. The number of hydrogen-bond acceptors (Lipinski definition) is 1. The zero-order chi connectivity index (χ0) is 5.82. The van der Waals surface area contributed by atoms with E-state index >= 15 is 0 Å². The van der Waals surface area contributed by atoms with Gasteiger partial charge in [0.05, 0.1) is 0 Å². The average molecular weight is 219 g/mol. The molecule has 58 valence electrons. The smallest absolute Gasteiger partial charge is 1.00 e. The first kappa shape index (κ1) is 13.8. The van der Waals surface area contributed by atoms with Crippen LogP contribution in [0.15, 0.2) is 0 Å². The van der Waals surface area contributed by atoms with Gasteiger partial charge in [0, 0.05) is 13.2 Å². The van der Waals surface area contributed by atoms with Crippen LogP contribution in [0.5, 0.6) is 0 Å². The fourth-order valence-corrected chi connectivity index (χ4v) is 1.04. The Morgan fingerprint density at radius 2 is 1.90 bits per heavy atom. The molecule has 0 aliphatic carbocycles. The molecule has 1 saturated heterocycles. The van der Waals surface area contributed by atoms with Gasteiger partial charge in [-0.05, 0) is 12.8 Å². The minimum atomic E-state index is 0. The maximum atomic E-state index is 5.17. The number of ether oxygens (including phenoxy) is 1. The molecule has 0 bridgehead atoms. The zero-order valence-corrected chi connectivity index (χ0v) is 9.47. The summed E-state index contributed by atoms with van der Waals surface area (Å²) in [4.78, 5) is 0. The third-order valence-electron chi connectivity index (χ3n) is 1.75. The summed E-state index contributed by atoms with van der Waals surface area (Å²) < 4.78 is 5.17. The van der Waals surface area contributed by atoms with E-state index in [9.17, 15) is 0 Å². The second-order valence-electron chi connectivity index (χ2n) is 2.34. The van der Waals surface area contributed by atoms with Gasteiger partial charge < -0.3 is 13.1 Å². The van der Waals surface area contributed by atoms with E-state index in [0.29, 0.717) is 0 Å². The minimum Gasteiger partial charge on any atom is -1.00 e. The Kier molecular flexibility index (Phi) is 11.4. The first-order valence-corrected chi connectivity index (χ1v) is 3.30. The van der Waals surface area contributed by atoms with Gasteiger partial charge in [0.2, 0.25) is 0 Å². The molecule has 0 aromatic rings. The fraction of sp³-hybridized carbons (Fsp3) is 0.857. The zero-order valence-electron chi connectivity index (χ0n) is 7.34. The molecule has 1 aliphatic rings. The molecule has 0 atom stereocenters. The Labute approximate surface area is 91.3 Å². The molecule has 1 rings (SSSR count). The van der Waals surface area contributed by atoms with Crippen LogP contribution in [0.2, 0.25) is 0 Å². The molecule has 0 saturated carbocycles. The maximum absolute atomic E-state index is 5.17. The summed E-state index contributed by atoms with van der Waals surface area (Å²) in [5.41, 5.74) is 0. The fourth-order valence-electron chi connectivity index (χ4n) is 1.04. The first-order chi connectivity index (χ1) is 3.93. The molecule has 3 heteroatoms. The average Bonchev–Trinajstić information content (AvgIpc) is 1.90. The molecule has 1 nitrogen and oxygen atoms in total.